The molecule has 6 rings (SSSR count). The van der Waals surface area contributed by atoms with E-state index in [0.717, 1.165) is 5.52 Å². The Labute approximate surface area is 180 Å². The Balaban J connectivity index is 1.51. The highest BCUT2D eigenvalue weighted by Gasteiger charge is 2.39. The van der Waals surface area contributed by atoms with Gasteiger partial charge in [0.2, 0.25) is 11.6 Å². The quantitative estimate of drug-likeness (QED) is 0.411. The van der Waals surface area contributed by atoms with Crippen molar-refractivity contribution in [1.82, 2.24) is 19.5 Å². The summed E-state index contributed by atoms with van der Waals surface area (Å²) in [6, 6.07) is 13.9. The van der Waals surface area contributed by atoms with Gasteiger partial charge in [0.15, 0.2) is 0 Å². The number of phenolic OH excluding ortho intramolecular Hbond substituents is 2. The van der Waals surface area contributed by atoms with Crippen molar-refractivity contribution in [3.05, 3.63) is 89.3 Å². The van der Waals surface area contributed by atoms with Crippen molar-refractivity contribution in [3.63, 3.8) is 0 Å². The van der Waals surface area contributed by atoms with Crippen molar-refractivity contribution < 1.29 is 19.8 Å². The molecule has 0 radical (unpaired) electrons. The first-order chi connectivity index (χ1) is 15.5. The number of carbonyl (C=O) groups excluding carboxylic acids is 2. The largest absolute Gasteiger partial charge is 0.506 e. The zero-order valence-electron chi connectivity index (χ0n) is 16.5. The fourth-order valence-electron chi connectivity index (χ4n) is 4.23. The molecule has 0 amide bonds. The number of ketones is 2. The number of rotatable bonds is 2. The van der Waals surface area contributed by atoms with Crippen LogP contribution in [0.1, 0.15) is 37.8 Å². The van der Waals surface area contributed by atoms with Crippen LogP contribution in [0, 0.1) is 0 Å². The van der Waals surface area contributed by atoms with Crippen LogP contribution in [-0.4, -0.2) is 41.3 Å². The molecule has 0 unspecified atom stereocenters. The topological polar surface area (TPSA) is 118 Å². The first-order valence-corrected chi connectivity index (χ1v) is 9.86. The molecule has 8 heteroatoms. The molecule has 3 aromatic carbocycles. The maximum Gasteiger partial charge on any atom is 0.218 e. The third-order valence-corrected chi connectivity index (χ3v) is 5.71. The minimum Gasteiger partial charge on any atom is -0.506 e. The van der Waals surface area contributed by atoms with Gasteiger partial charge in [0.05, 0.1) is 46.9 Å². The summed E-state index contributed by atoms with van der Waals surface area (Å²) in [6.07, 6.45) is 2.99. The normalized spacial score (nSPS) is 12.9. The lowest BCUT2D eigenvalue weighted by Gasteiger charge is -2.19. The van der Waals surface area contributed by atoms with E-state index in [4.69, 9.17) is 0 Å². The lowest BCUT2D eigenvalue weighted by atomic mass is 9.86. The van der Waals surface area contributed by atoms with Gasteiger partial charge in [-0.15, -0.1) is 0 Å². The van der Waals surface area contributed by atoms with Gasteiger partial charge in [-0.05, 0) is 12.1 Å². The molecule has 154 valence electrons. The summed E-state index contributed by atoms with van der Waals surface area (Å²) >= 11 is 0. The molecule has 0 spiro atoms. The average molecular weight is 422 g/mol. The van der Waals surface area contributed by atoms with Gasteiger partial charge in [-0.2, -0.15) is 0 Å². The molecule has 5 aromatic rings. The van der Waals surface area contributed by atoms with E-state index in [9.17, 15) is 19.8 Å². The van der Waals surface area contributed by atoms with Crippen LogP contribution in [0.3, 0.4) is 0 Å². The number of phenols is 2. The lowest BCUT2D eigenvalue weighted by Crippen LogP contribution is -2.24. The first-order valence-electron chi connectivity index (χ1n) is 9.86. The monoisotopic (exact) mass is 422 g/mol. The van der Waals surface area contributed by atoms with Crippen molar-refractivity contribution in [3.8, 4) is 11.5 Å². The molecule has 2 aromatic heterocycles. The van der Waals surface area contributed by atoms with Crippen LogP contribution in [-0.2, 0) is 6.54 Å². The molecule has 0 atom stereocenters. The predicted molar refractivity (Wildman–Crippen MR) is 115 cm³/mol. The SMILES string of the molecule is O=C1c2ncn(Cc3cnc4ccccc4n3)c2C(=O)c2c1c(O)c1ccccc1c2O. The number of hydrogen-bond acceptors (Lipinski definition) is 7. The molecule has 2 heterocycles. The van der Waals surface area contributed by atoms with Crippen molar-refractivity contribution in [2.75, 3.05) is 0 Å². The van der Waals surface area contributed by atoms with Crippen LogP contribution in [0.2, 0.25) is 0 Å². The molecule has 8 nitrogen and oxygen atoms in total. The van der Waals surface area contributed by atoms with E-state index in [2.05, 4.69) is 15.0 Å². The zero-order chi connectivity index (χ0) is 22.0. The number of aromatic nitrogens is 4. The molecule has 32 heavy (non-hydrogen) atoms. The average Bonchev–Trinajstić information content (AvgIpc) is 3.24. The van der Waals surface area contributed by atoms with Gasteiger partial charge >= 0.3 is 0 Å². The minimum atomic E-state index is -0.614. The Morgan fingerprint density at radius 1 is 0.781 bits per heavy atom. The molecule has 0 saturated heterocycles. The van der Waals surface area contributed by atoms with Gasteiger partial charge in [-0.25, -0.2) is 9.97 Å². The Morgan fingerprint density at radius 2 is 1.41 bits per heavy atom. The minimum absolute atomic E-state index is 0.0439. The molecular weight excluding hydrogens is 408 g/mol. The predicted octanol–water partition coefficient (Wildman–Crippen LogP) is 3.21. The highest BCUT2D eigenvalue weighted by Crippen LogP contribution is 2.43. The van der Waals surface area contributed by atoms with Gasteiger partial charge in [0.1, 0.15) is 22.9 Å². The number of aromatic hydroxyl groups is 2. The Hall–Kier alpha value is -4.59. The molecule has 2 N–H and O–H groups in total. The number of fused-ring (bicyclic) bond motifs is 4. The van der Waals surface area contributed by atoms with Gasteiger partial charge in [0, 0.05) is 10.8 Å². The van der Waals surface area contributed by atoms with Crippen LogP contribution in [0.25, 0.3) is 21.8 Å². The van der Waals surface area contributed by atoms with Gasteiger partial charge in [-0.1, -0.05) is 36.4 Å². The fourth-order valence-corrected chi connectivity index (χ4v) is 4.23. The second kappa shape index (κ2) is 6.45. The van der Waals surface area contributed by atoms with Gasteiger partial charge in [-0.3, -0.25) is 14.6 Å². The summed E-state index contributed by atoms with van der Waals surface area (Å²) in [5.41, 5.74) is 1.57. The molecule has 1 aliphatic carbocycles. The van der Waals surface area contributed by atoms with Crippen molar-refractivity contribution in [1.29, 1.82) is 0 Å². The Bertz CT molecular complexity index is 1620. The lowest BCUT2D eigenvalue weighted by molar-refractivity contribution is 0.0966. The van der Waals surface area contributed by atoms with E-state index in [1.165, 1.54) is 10.9 Å². The fraction of sp³-hybridized carbons (Fsp3) is 0.0417. The van der Waals surface area contributed by atoms with Crippen molar-refractivity contribution >= 4 is 33.4 Å². The summed E-state index contributed by atoms with van der Waals surface area (Å²) in [5.74, 6) is -1.88. The van der Waals surface area contributed by atoms with E-state index in [-0.39, 0.29) is 40.6 Å². The van der Waals surface area contributed by atoms with E-state index >= 15 is 0 Å². The standard InChI is InChI=1S/C24H14N4O4/c29-21-13-5-1-2-6-14(13)22(30)18-17(21)23(31)19-20(24(18)32)28(11-26-19)10-12-9-25-15-7-3-4-8-16(15)27-12/h1-9,11,29-30H,10H2. The van der Waals surface area contributed by atoms with Crippen LogP contribution < -0.4 is 0 Å². The first kappa shape index (κ1) is 18.2. The Morgan fingerprint density at radius 3 is 2.12 bits per heavy atom. The van der Waals surface area contributed by atoms with Crippen molar-refractivity contribution in [2.45, 2.75) is 6.54 Å². The van der Waals surface area contributed by atoms with Gasteiger partial charge < -0.3 is 14.8 Å². The number of imidazole rings is 1. The molecular formula is C24H14N4O4. The van der Waals surface area contributed by atoms with E-state index < -0.39 is 11.6 Å². The van der Waals surface area contributed by atoms with Crippen LogP contribution in [0.4, 0.5) is 0 Å². The number of benzene rings is 3. The summed E-state index contributed by atoms with van der Waals surface area (Å²) in [6.45, 7) is 0.162. The highest BCUT2D eigenvalue weighted by molar-refractivity contribution is 6.31. The molecule has 0 bridgehead atoms. The summed E-state index contributed by atoms with van der Waals surface area (Å²) in [4.78, 5) is 39.7. The highest BCUT2D eigenvalue weighted by atomic mass is 16.3. The van der Waals surface area contributed by atoms with Gasteiger partial charge in [0.25, 0.3) is 0 Å². The van der Waals surface area contributed by atoms with Crippen LogP contribution in [0.5, 0.6) is 11.5 Å². The zero-order valence-corrected chi connectivity index (χ0v) is 16.5. The Kier molecular flexibility index (Phi) is 3.67. The maximum absolute atomic E-state index is 13.4. The summed E-state index contributed by atoms with van der Waals surface area (Å²) in [7, 11) is 0. The number of carbonyl (C=O) groups is 2. The third kappa shape index (κ3) is 2.40. The molecule has 0 aliphatic heterocycles. The second-order valence-corrected chi connectivity index (χ2v) is 7.57. The summed E-state index contributed by atoms with van der Waals surface area (Å²) in [5, 5.41) is 22.2. The van der Waals surface area contributed by atoms with Crippen LogP contribution >= 0.6 is 0 Å². The number of para-hydroxylation sites is 2. The van der Waals surface area contributed by atoms with Crippen molar-refractivity contribution in [2.24, 2.45) is 0 Å². The van der Waals surface area contributed by atoms with E-state index in [1.807, 2.05) is 24.3 Å². The summed E-state index contributed by atoms with van der Waals surface area (Å²) < 4.78 is 1.52. The maximum atomic E-state index is 13.4. The molecule has 1 aliphatic rings. The molecule has 0 saturated carbocycles. The van der Waals surface area contributed by atoms with E-state index in [1.54, 1.807) is 30.5 Å². The number of nitrogens with zero attached hydrogens (tertiary/aromatic N) is 4. The van der Waals surface area contributed by atoms with E-state index in [0.29, 0.717) is 22.0 Å². The number of hydrogen-bond donors (Lipinski definition) is 2. The van der Waals surface area contributed by atoms with Crippen LogP contribution in [0.15, 0.2) is 61.1 Å². The third-order valence-electron chi connectivity index (χ3n) is 5.71. The smallest absolute Gasteiger partial charge is 0.218 e. The second-order valence-electron chi connectivity index (χ2n) is 7.57. The molecule has 0 fully saturated rings.